The minimum Gasteiger partial charge on any atom is -0.486 e. The minimum absolute atomic E-state index is 0.0273. The van der Waals surface area contributed by atoms with Crippen molar-refractivity contribution >= 4 is 55.2 Å². The predicted molar refractivity (Wildman–Crippen MR) is 104 cm³/mol. The topological polar surface area (TPSA) is 47.6 Å². The molecule has 4 nitrogen and oxygen atoms in total. The SMILES string of the molecule is O=C(CSCc1cc2c(cc1Br)OCCO2)Nc1ccccc1Br. The lowest BCUT2D eigenvalue weighted by Gasteiger charge is -2.19. The number of ether oxygens (including phenoxy) is 2. The smallest absolute Gasteiger partial charge is 0.234 e. The molecule has 2 aromatic carbocycles. The third-order valence-electron chi connectivity index (χ3n) is 3.35. The van der Waals surface area contributed by atoms with Crippen molar-refractivity contribution in [2.24, 2.45) is 0 Å². The second-order valence-corrected chi connectivity index (χ2v) is 7.80. The number of benzene rings is 2. The molecule has 0 bridgehead atoms. The van der Waals surface area contributed by atoms with E-state index < -0.39 is 0 Å². The van der Waals surface area contributed by atoms with Crippen molar-refractivity contribution in [1.29, 1.82) is 0 Å². The molecule has 0 atom stereocenters. The molecule has 1 heterocycles. The molecule has 126 valence electrons. The second kappa shape index (κ2) is 8.27. The number of nitrogens with one attached hydrogen (secondary N) is 1. The van der Waals surface area contributed by atoms with E-state index in [0.29, 0.717) is 24.7 Å². The molecule has 0 aromatic heterocycles. The van der Waals surface area contributed by atoms with Gasteiger partial charge >= 0.3 is 0 Å². The van der Waals surface area contributed by atoms with Gasteiger partial charge in [-0.1, -0.05) is 28.1 Å². The molecule has 2 aromatic rings. The van der Waals surface area contributed by atoms with Crippen LogP contribution < -0.4 is 14.8 Å². The maximum atomic E-state index is 12.1. The van der Waals surface area contributed by atoms with Crippen LogP contribution in [-0.4, -0.2) is 24.9 Å². The van der Waals surface area contributed by atoms with E-state index in [2.05, 4.69) is 37.2 Å². The van der Waals surface area contributed by atoms with Crippen molar-refractivity contribution in [3.63, 3.8) is 0 Å². The molecular weight excluding hydrogens is 458 g/mol. The van der Waals surface area contributed by atoms with E-state index in [1.807, 2.05) is 36.4 Å². The number of amides is 1. The highest BCUT2D eigenvalue weighted by Crippen LogP contribution is 2.36. The number of para-hydroxylation sites is 1. The Kier molecular flexibility index (Phi) is 6.08. The Labute approximate surface area is 161 Å². The van der Waals surface area contributed by atoms with Gasteiger partial charge in [-0.2, -0.15) is 0 Å². The van der Waals surface area contributed by atoms with Gasteiger partial charge in [0.15, 0.2) is 11.5 Å². The fraction of sp³-hybridized carbons (Fsp3) is 0.235. The molecule has 0 spiro atoms. The summed E-state index contributed by atoms with van der Waals surface area (Å²) in [5, 5.41) is 2.90. The van der Waals surface area contributed by atoms with Crippen LogP contribution in [0.15, 0.2) is 45.3 Å². The fourth-order valence-corrected chi connectivity index (χ4v) is 4.07. The van der Waals surface area contributed by atoms with Crippen LogP contribution in [-0.2, 0) is 10.5 Å². The Hall–Kier alpha value is -1.18. The van der Waals surface area contributed by atoms with Gasteiger partial charge in [-0.05, 0) is 45.8 Å². The highest BCUT2D eigenvalue weighted by atomic mass is 79.9. The zero-order valence-electron chi connectivity index (χ0n) is 12.7. The summed E-state index contributed by atoms with van der Waals surface area (Å²) in [6, 6.07) is 11.5. The summed E-state index contributed by atoms with van der Waals surface area (Å²) in [5.41, 5.74) is 1.86. The number of rotatable bonds is 5. The molecule has 1 aliphatic rings. The molecule has 0 aliphatic carbocycles. The van der Waals surface area contributed by atoms with Crippen molar-refractivity contribution in [2.45, 2.75) is 5.75 Å². The van der Waals surface area contributed by atoms with Gasteiger partial charge in [0.2, 0.25) is 5.91 Å². The van der Waals surface area contributed by atoms with Gasteiger partial charge in [0.05, 0.1) is 11.4 Å². The van der Waals surface area contributed by atoms with Crippen LogP contribution in [0.4, 0.5) is 5.69 Å². The molecule has 0 saturated heterocycles. The third kappa shape index (κ3) is 4.46. The Morgan fingerprint density at radius 2 is 1.79 bits per heavy atom. The molecule has 0 unspecified atom stereocenters. The molecule has 3 rings (SSSR count). The van der Waals surface area contributed by atoms with Crippen molar-refractivity contribution in [1.82, 2.24) is 0 Å². The van der Waals surface area contributed by atoms with Crippen LogP contribution in [0.1, 0.15) is 5.56 Å². The standard InChI is InChI=1S/C17H15Br2NO3S/c18-12-3-1-2-4-14(12)20-17(21)10-24-9-11-7-15-16(8-13(11)19)23-6-5-22-15/h1-4,7-8H,5-6,9-10H2,(H,20,21). The van der Waals surface area contributed by atoms with Gasteiger partial charge in [-0.3, -0.25) is 4.79 Å². The summed E-state index contributed by atoms with van der Waals surface area (Å²) in [6.45, 7) is 1.14. The summed E-state index contributed by atoms with van der Waals surface area (Å²) < 4.78 is 13.0. The molecule has 0 radical (unpaired) electrons. The van der Waals surface area contributed by atoms with Gasteiger partial charge in [-0.25, -0.2) is 0 Å². The van der Waals surface area contributed by atoms with Crippen molar-refractivity contribution in [2.75, 3.05) is 24.3 Å². The average molecular weight is 473 g/mol. The first kappa shape index (κ1) is 17.6. The summed E-state index contributed by atoms with van der Waals surface area (Å²) in [5.74, 6) is 2.58. The maximum absolute atomic E-state index is 12.1. The first-order chi connectivity index (χ1) is 11.6. The Bertz CT molecular complexity index is 755. The van der Waals surface area contributed by atoms with Crippen LogP contribution in [0.25, 0.3) is 0 Å². The summed E-state index contributed by atoms with van der Waals surface area (Å²) in [6.07, 6.45) is 0. The van der Waals surface area contributed by atoms with E-state index in [4.69, 9.17) is 9.47 Å². The van der Waals surface area contributed by atoms with Gasteiger partial charge < -0.3 is 14.8 Å². The minimum atomic E-state index is -0.0273. The quantitative estimate of drug-likeness (QED) is 0.675. The summed E-state index contributed by atoms with van der Waals surface area (Å²) in [7, 11) is 0. The molecule has 7 heteroatoms. The Morgan fingerprint density at radius 3 is 2.54 bits per heavy atom. The summed E-state index contributed by atoms with van der Waals surface area (Å²) >= 11 is 8.52. The van der Waals surface area contributed by atoms with Crippen molar-refractivity contribution < 1.29 is 14.3 Å². The van der Waals surface area contributed by atoms with Crippen molar-refractivity contribution in [3.05, 3.63) is 50.9 Å². The van der Waals surface area contributed by atoms with Gasteiger partial charge in [0.1, 0.15) is 13.2 Å². The third-order valence-corrected chi connectivity index (χ3v) is 5.76. The van der Waals surface area contributed by atoms with E-state index in [1.165, 1.54) is 0 Å². The monoisotopic (exact) mass is 471 g/mol. The predicted octanol–water partition coefficient (Wildman–Crippen LogP) is 4.85. The van der Waals surface area contributed by atoms with Crippen LogP contribution in [0, 0.1) is 0 Å². The lowest BCUT2D eigenvalue weighted by Crippen LogP contribution is -2.16. The molecule has 24 heavy (non-hydrogen) atoms. The highest BCUT2D eigenvalue weighted by Gasteiger charge is 2.15. The Balaban J connectivity index is 1.55. The van der Waals surface area contributed by atoms with E-state index in [1.54, 1.807) is 11.8 Å². The van der Waals surface area contributed by atoms with Crippen molar-refractivity contribution in [3.8, 4) is 11.5 Å². The van der Waals surface area contributed by atoms with Gasteiger partial charge in [0.25, 0.3) is 0 Å². The van der Waals surface area contributed by atoms with E-state index in [-0.39, 0.29) is 5.91 Å². The largest absolute Gasteiger partial charge is 0.486 e. The van der Waals surface area contributed by atoms with Crippen LogP contribution in [0.3, 0.4) is 0 Å². The van der Waals surface area contributed by atoms with Gasteiger partial charge in [-0.15, -0.1) is 11.8 Å². The fourth-order valence-electron chi connectivity index (χ4n) is 2.22. The molecule has 1 N–H and O–H groups in total. The van der Waals surface area contributed by atoms with Crippen LogP contribution in [0.5, 0.6) is 11.5 Å². The number of halogens is 2. The number of hydrogen-bond donors (Lipinski definition) is 1. The number of fused-ring (bicyclic) bond motifs is 1. The molecule has 0 saturated carbocycles. The highest BCUT2D eigenvalue weighted by molar-refractivity contribution is 9.11. The molecule has 1 aliphatic heterocycles. The van der Waals surface area contributed by atoms with E-state index >= 15 is 0 Å². The number of anilines is 1. The molecular formula is C17H15Br2NO3S. The number of carbonyl (C=O) groups is 1. The average Bonchev–Trinajstić information content (AvgIpc) is 2.57. The van der Waals surface area contributed by atoms with Gasteiger partial charge in [0, 0.05) is 14.7 Å². The number of hydrogen-bond acceptors (Lipinski definition) is 4. The lowest BCUT2D eigenvalue weighted by atomic mass is 10.2. The maximum Gasteiger partial charge on any atom is 0.234 e. The number of carbonyl (C=O) groups excluding carboxylic acids is 1. The van der Waals surface area contributed by atoms with E-state index in [9.17, 15) is 4.79 Å². The lowest BCUT2D eigenvalue weighted by molar-refractivity contribution is -0.113. The van der Waals surface area contributed by atoms with Crippen LogP contribution in [0.2, 0.25) is 0 Å². The second-order valence-electron chi connectivity index (χ2n) is 5.11. The first-order valence-electron chi connectivity index (χ1n) is 7.33. The molecule has 0 fully saturated rings. The zero-order chi connectivity index (χ0) is 16.9. The first-order valence-corrected chi connectivity index (χ1v) is 10.1. The van der Waals surface area contributed by atoms with Crippen LogP contribution >= 0.6 is 43.6 Å². The normalized spacial score (nSPS) is 12.8. The number of thioether (sulfide) groups is 1. The Morgan fingerprint density at radius 1 is 1.08 bits per heavy atom. The van der Waals surface area contributed by atoms with E-state index in [0.717, 1.165) is 31.7 Å². The molecule has 1 amide bonds. The summed E-state index contributed by atoms with van der Waals surface area (Å²) in [4.78, 5) is 12.1. The zero-order valence-corrected chi connectivity index (χ0v) is 16.7.